The molecule has 0 saturated carbocycles. The van der Waals surface area contributed by atoms with Crippen LogP contribution in [0.3, 0.4) is 0 Å². The number of aliphatic hydroxyl groups is 1. The summed E-state index contributed by atoms with van der Waals surface area (Å²) in [6.07, 6.45) is -4.53. The summed E-state index contributed by atoms with van der Waals surface area (Å²) in [5.74, 6) is -1.83. The van der Waals surface area contributed by atoms with Gasteiger partial charge in [-0.15, -0.1) is 0 Å². The Kier molecular flexibility index (Phi) is 5.25. The van der Waals surface area contributed by atoms with Crippen LogP contribution >= 0.6 is 0 Å². The molecule has 1 aliphatic rings. The predicted octanol–water partition coefficient (Wildman–Crippen LogP) is -0.870. The molecule has 1 fully saturated rings. The molecule has 108 valence electrons. The largest absolute Gasteiger partial charge is 0.463 e. The zero-order valence-electron chi connectivity index (χ0n) is 10.8. The van der Waals surface area contributed by atoms with Crippen molar-refractivity contribution in [3.05, 3.63) is 0 Å². The van der Waals surface area contributed by atoms with Crippen LogP contribution in [0.5, 0.6) is 0 Å². The lowest BCUT2D eigenvalue weighted by molar-refractivity contribution is -0.174. The monoisotopic (exact) mass is 276 g/mol. The summed E-state index contributed by atoms with van der Waals surface area (Å²) in [4.78, 5) is 32.7. The minimum atomic E-state index is -1.45. The van der Waals surface area contributed by atoms with Gasteiger partial charge in [-0.3, -0.25) is 14.4 Å². The first kappa shape index (κ1) is 15.4. The molecule has 0 aromatic rings. The molecule has 0 unspecified atom stereocenters. The third-order valence-corrected chi connectivity index (χ3v) is 2.34. The molecule has 0 radical (unpaired) electrons. The first-order valence-corrected chi connectivity index (χ1v) is 5.62. The van der Waals surface area contributed by atoms with E-state index in [4.69, 9.17) is 18.9 Å². The van der Waals surface area contributed by atoms with Crippen LogP contribution in [0, 0.1) is 0 Å². The van der Waals surface area contributed by atoms with Gasteiger partial charge in [-0.25, -0.2) is 0 Å². The van der Waals surface area contributed by atoms with Crippen molar-refractivity contribution in [2.24, 2.45) is 0 Å². The van der Waals surface area contributed by atoms with Gasteiger partial charge in [0.25, 0.3) is 0 Å². The van der Waals surface area contributed by atoms with E-state index in [0.29, 0.717) is 0 Å². The van der Waals surface area contributed by atoms with Crippen molar-refractivity contribution in [1.82, 2.24) is 0 Å². The quantitative estimate of drug-likeness (QED) is 0.521. The molecule has 1 saturated heterocycles. The number of ether oxygens (including phenoxy) is 4. The van der Waals surface area contributed by atoms with Gasteiger partial charge in [0, 0.05) is 20.8 Å². The Hall–Kier alpha value is -1.67. The van der Waals surface area contributed by atoms with Crippen molar-refractivity contribution in [1.29, 1.82) is 0 Å². The third kappa shape index (κ3) is 4.49. The SMILES string of the molecule is CC(=O)OC[C@@H]1O[C@H](O)[C@@H](OC(C)=O)[C@@H]1OC(C)=O. The number of aliphatic hydroxyl groups excluding tert-OH is 1. The van der Waals surface area contributed by atoms with Crippen molar-refractivity contribution in [3.63, 3.8) is 0 Å². The van der Waals surface area contributed by atoms with Gasteiger partial charge in [-0.2, -0.15) is 0 Å². The van der Waals surface area contributed by atoms with E-state index in [1.165, 1.54) is 13.8 Å². The fraction of sp³-hybridized carbons (Fsp3) is 0.727. The second kappa shape index (κ2) is 6.48. The lowest BCUT2D eigenvalue weighted by atomic mass is 10.1. The smallest absolute Gasteiger partial charge is 0.303 e. The first-order valence-electron chi connectivity index (χ1n) is 5.62. The lowest BCUT2D eigenvalue weighted by Crippen LogP contribution is -2.41. The molecule has 4 atom stereocenters. The Balaban J connectivity index is 2.76. The summed E-state index contributed by atoms with van der Waals surface area (Å²) in [6.45, 7) is 3.30. The Bertz CT molecular complexity index is 366. The molecule has 1 aliphatic heterocycles. The standard InChI is InChI=1S/C11H16O8/c1-5(12)16-4-8-9(17-6(2)13)10(11(15)19-8)18-7(3)14/h8-11,15H,4H2,1-3H3/t8-,9+,10-,11-/m0/s1. The van der Waals surface area contributed by atoms with Crippen molar-refractivity contribution in [3.8, 4) is 0 Å². The summed E-state index contributed by atoms with van der Waals surface area (Å²) in [5, 5.41) is 9.63. The Morgan fingerprint density at radius 3 is 2.00 bits per heavy atom. The molecule has 8 nitrogen and oxygen atoms in total. The highest BCUT2D eigenvalue weighted by molar-refractivity contribution is 5.67. The summed E-state index contributed by atoms with van der Waals surface area (Å²) in [7, 11) is 0. The fourth-order valence-corrected chi connectivity index (χ4v) is 1.69. The molecular weight excluding hydrogens is 260 g/mol. The van der Waals surface area contributed by atoms with E-state index in [0.717, 1.165) is 6.92 Å². The Morgan fingerprint density at radius 1 is 1.00 bits per heavy atom. The minimum absolute atomic E-state index is 0.220. The molecule has 0 spiro atoms. The summed E-state index contributed by atoms with van der Waals surface area (Å²) in [5.41, 5.74) is 0. The topological polar surface area (TPSA) is 108 Å². The molecule has 8 heteroatoms. The average Bonchev–Trinajstić information content (AvgIpc) is 2.53. The normalized spacial score (nSPS) is 29.7. The molecule has 0 aliphatic carbocycles. The molecule has 1 heterocycles. The molecule has 1 rings (SSSR count). The number of carbonyl (C=O) groups is 3. The van der Waals surface area contributed by atoms with Crippen molar-refractivity contribution < 1.29 is 38.4 Å². The van der Waals surface area contributed by atoms with Crippen LogP contribution in [0.25, 0.3) is 0 Å². The van der Waals surface area contributed by atoms with E-state index >= 15 is 0 Å². The van der Waals surface area contributed by atoms with Crippen LogP contribution < -0.4 is 0 Å². The van der Waals surface area contributed by atoms with Gasteiger partial charge >= 0.3 is 17.9 Å². The van der Waals surface area contributed by atoms with Crippen LogP contribution in [0.1, 0.15) is 20.8 Å². The van der Waals surface area contributed by atoms with Gasteiger partial charge in [-0.1, -0.05) is 0 Å². The maximum atomic E-state index is 11.0. The van der Waals surface area contributed by atoms with Crippen molar-refractivity contribution in [2.45, 2.75) is 45.4 Å². The minimum Gasteiger partial charge on any atom is -0.463 e. The van der Waals surface area contributed by atoms with Crippen LogP contribution in [-0.4, -0.2) is 54.2 Å². The number of rotatable bonds is 4. The lowest BCUT2D eigenvalue weighted by Gasteiger charge is -2.21. The van der Waals surface area contributed by atoms with Crippen LogP contribution in [0.15, 0.2) is 0 Å². The average molecular weight is 276 g/mol. The van der Waals surface area contributed by atoms with Gasteiger partial charge in [0.1, 0.15) is 12.7 Å². The van der Waals surface area contributed by atoms with E-state index in [2.05, 4.69) is 0 Å². The highest BCUT2D eigenvalue weighted by Gasteiger charge is 2.48. The number of hydrogen-bond donors (Lipinski definition) is 1. The Labute approximate surface area is 109 Å². The highest BCUT2D eigenvalue weighted by Crippen LogP contribution is 2.26. The second-order valence-corrected chi connectivity index (χ2v) is 4.02. The zero-order chi connectivity index (χ0) is 14.6. The van der Waals surface area contributed by atoms with Gasteiger partial charge < -0.3 is 24.1 Å². The van der Waals surface area contributed by atoms with Crippen molar-refractivity contribution >= 4 is 17.9 Å². The third-order valence-electron chi connectivity index (χ3n) is 2.34. The van der Waals surface area contributed by atoms with E-state index in [-0.39, 0.29) is 6.61 Å². The molecule has 19 heavy (non-hydrogen) atoms. The summed E-state index contributed by atoms with van der Waals surface area (Å²) in [6, 6.07) is 0. The maximum Gasteiger partial charge on any atom is 0.303 e. The number of carbonyl (C=O) groups excluding carboxylic acids is 3. The van der Waals surface area contributed by atoms with Crippen LogP contribution in [0.2, 0.25) is 0 Å². The van der Waals surface area contributed by atoms with Gasteiger partial charge in [0.05, 0.1) is 0 Å². The molecular formula is C11H16O8. The molecule has 0 aromatic heterocycles. The Morgan fingerprint density at radius 2 is 1.53 bits per heavy atom. The van der Waals surface area contributed by atoms with Crippen molar-refractivity contribution in [2.75, 3.05) is 6.61 Å². The molecule has 0 aromatic carbocycles. The van der Waals surface area contributed by atoms with Gasteiger partial charge in [0.15, 0.2) is 18.5 Å². The van der Waals surface area contributed by atoms with Gasteiger partial charge in [0.2, 0.25) is 0 Å². The molecule has 0 bridgehead atoms. The van der Waals surface area contributed by atoms with Gasteiger partial charge in [-0.05, 0) is 0 Å². The van der Waals surface area contributed by atoms with E-state index in [9.17, 15) is 19.5 Å². The zero-order valence-corrected chi connectivity index (χ0v) is 10.8. The second-order valence-electron chi connectivity index (χ2n) is 4.02. The number of hydrogen-bond acceptors (Lipinski definition) is 8. The van der Waals surface area contributed by atoms with Crippen LogP contribution in [-0.2, 0) is 33.3 Å². The first-order chi connectivity index (χ1) is 8.81. The maximum absolute atomic E-state index is 11.0. The fourth-order valence-electron chi connectivity index (χ4n) is 1.69. The highest BCUT2D eigenvalue weighted by atomic mass is 16.7. The predicted molar refractivity (Wildman–Crippen MR) is 58.6 cm³/mol. The van der Waals surface area contributed by atoms with E-state index in [1.54, 1.807) is 0 Å². The number of esters is 3. The summed E-state index contributed by atoms with van der Waals surface area (Å²) < 4.78 is 19.6. The molecule has 0 amide bonds. The molecule has 1 N–H and O–H groups in total. The van der Waals surface area contributed by atoms with Crippen LogP contribution in [0.4, 0.5) is 0 Å². The van der Waals surface area contributed by atoms with E-state index < -0.39 is 42.5 Å². The van der Waals surface area contributed by atoms with E-state index in [1.807, 2.05) is 0 Å². The summed E-state index contributed by atoms with van der Waals surface area (Å²) >= 11 is 0.